The number of benzene rings is 2. The molecule has 1 atom stereocenters. The van der Waals surface area contributed by atoms with Crippen molar-refractivity contribution in [2.24, 2.45) is 0 Å². The van der Waals surface area contributed by atoms with Gasteiger partial charge in [0.05, 0.1) is 16.0 Å². The molecular weight excluding hydrogens is 414 g/mol. The number of nitrogens with one attached hydrogen (secondary N) is 1. The number of halogens is 2. The summed E-state index contributed by atoms with van der Waals surface area (Å²) in [4.78, 5) is 0.229. The van der Waals surface area contributed by atoms with Crippen molar-refractivity contribution < 1.29 is 17.9 Å². The molecule has 0 aliphatic heterocycles. The first-order valence-corrected chi connectivity index (χ1v) is 11.1. The first-order chi connectivity index (χ1) is 13.4. The molecule has 0 saturated carbocycles. The third kappa shape index (κ3) is 6.52. The lowest BCUT2D eigenvalue weighted by Gasteiger charge is -2.29. The van der Waals surface area contributed by atoms with E-state index in [0.717, 1.165) is 9.87 Å². The normalized spacial score (nSPS) is 13.6. The molecule has 2 rings (SSSR count). The second-order valence-corrected chi connectivity index (χ2v) is 10.3. The Hall–Kier alpha value is -1.45. The molecule has 5 nitrogen and oxygen atoms in total. The van der Waals surface area contributed by atoms with Gasteiger partial charge in [-0.1, -0.05) is 41.3 Å². The largest absolute Gasteiger partial charge is 0.390 e. The van der Waals surface area contributed by atoms with E-state index in [-0.39, 0.29) is 23.0 Å². The molecule has 0 fully saturated rings. The van der Waals surface area contributed by atoms with Crippen molar-refractivity contribution >= 4 is 34.9 Å². The zero-order valence-electron chi connectivity index (χ0n) is 17.1. The molecule has 0 aromatic heterocycles. The van der Waals surface area contributed by atoms with Crippen LogP contribution in [0.15, 0.2) is 47.4 Å². The minimum atomic E-state index is -3.68. The quantitative estimate of drug-likeness (QED) is 0.577. The van der Waals surface area contributed by atoms with E-state index in [1.54, 1.807) is 38.2 Å². The van der Waals surface area contributed by atoms with Crippen LogP contribution in [0.1, 0.15) is 19.4 Å². The van der Waals surface area contributed by atoms with E-state index in [0.29, 0.717) is 11.9 Å². The van der Waals surface area contributed by atoms with Crippen LogP contribution in [0.4, 0.5) is 4.39 Å². The van der Waals surface area contributed by atoms with Crippen LogP contribution < -0.4 is 10.8 Å². The van der Waals surface area contributed by atoms with Crippen molar-refractivity contribution in [3.8, 4) is 0 Å². The first kappa shape index (κ1) is 23.8. The Kier molecular flexibility index (Phi) is 7.87. The van der Waals surface area contributed by atoms with Crippen molar-refractivity contribution in [2.45, 2.75) is 36.8 Å². The van der Waals surface area contributed by atoms with Crippen LogP contribution in [0.25, 0.3) is 0 Å². The van der Waals surface area contributed by atoms with Crippen LogP contribution in [0.3, 0.4) is 0 Å². The topological polar surface area (TPSA) is 69.6 Å². The smallest absolute Gasteiger partial charge is 0.242 e. The molecule has 0 heterocycles. The molecule has 2 aromatic carbocycles. The van der Waals surface area contributed by atoms with Crippen molar-refractivity contribution in [3.05, 3.63) is 58.9 Å². The van der Waals surface area contributed by atoms with Gasteiger partial charge < -0.3 is 10.4 Å². The Bertz CT molecular complexity index is 956. The summed E-state index contributed by atoms with van der Waals surface area (Å²) in [6, 6.07) is 11.4. The third-order valence-corrected chi connectivity index (χ3v) is 6.99. The van der Waals surface area contributed by atoms with E-state index in [1.165, 1.54) is 19.2 Å². The lowest BCUT2D eigenvalue weighted by Crippen LogP contribution is -2.48. The maximum Gasteiger partial charge on any atom is 0.242 e. The summed E-state index contributed by atoms with van der Waals surface area (Å²) in [7, 11) is -0.497. The Morgan fingerprint density at radius 1 is 1.28 bits per heavy atom. The summed E-state index contributed by atoms with van der Waals surface area (Å²) < 4.78 is 40.3. The Morgan fingerprint density at radius 3 is 2.55 bits per heavy atom. The molecule has 0 aliphatic carbocycles. The number of hydrogen-bond acceptors (Lipinski definition) is 4. The lowest BCUT2D eigenvalue weighted by molar-refractivity contribution is 0.139. The van der Waals surface area contributed by atoms with Crippen LogP contribution in [-0.2, 0) is 16.4 Å². The Morgan fingerprint density at radius 2 is 1.93 bits per heavy atom. The summed E-state index contributed by atoms with van der Waals surface area (Å²) in [5.41, 5.74) is 0.996. The summed E-state index contributed by atoms with van der Waals surface area (Å²) in [5.74, 6) is -0.469. The zero-order chi connectivity index (χ0) is 21.8. The van der Waals surface area contributed by atoms with Gasteiger partial charge in [0.25, 0.3) is 0 Å². The standard InChI is InChI=1S/C20H27BClFN2O3S/c1-20(2,11-14-8-9-17(22)18(23)10-14)24-12-15(26)13-25(3)29(27,28)19-7-5-4-6-16(19)21/h4-10,15,24,26H,11-13,21H2,1-3H3. The summed E-state index contributed by atoms with van der Waals surface area (Å²) in [6.45, 7) is 4.01. The van der Waals surface area contributed by atoms with Crippen molar-refractivity contribution in [2.75, 3.05) is 20.1 Å². The van der Waals surface area contributed by atoms with Crippen LogP contribution in [0.2, 0.25) is 5.02 Å². The van der Waals surface area contributed by atoms with Gasteiger partial charge in [-0.15, -0.1) is 0 Å². The van der Waals surface area contributed by atoms with Gasteiger partial charge in [-0.05, 0) is 44.0 Å². The lowest BCUT2D eigenvalue weighted by atomic mass is 9.94. The fraction of sp³-hybridized carbons (Fsp3) is 0.400. The highest BCUT2D eigenvalue weighted by atomic mass is 35.5. The minimum absolute atomic E-state index is 0.0463. The number of nitrogens with zero attached hydrogens (tertiary/aromatic N) is 1. The monoisotopic (exact) mass is 440 g/mol. The fourth-order valence-electron chi connectivity index (χ4n) is 3.09. The molecule has 9 heteroatoms. The minimum Gasteiger partial charge on any atom is -0.390 e. The summed E-state index contributed by atoms with van der Waals surface area (Å²) in [5, 5.41) is 13.7. The molecule has 0 bridgehead atoms. The number of sulfonamides is 1. The Labute approximate surface area is 178 Å². The van der Waals surface area contributed by atoms with E-state index < -0.39 is 27.5 Å². The van der Waals surface area contributed by atoms with E-state index in [2.05, 4.69) is 5.32 Å². The molecule has 0 amide bonds. The third-order valence-electron chi connectivity index (χ3n) is 4.70. The molecule has 0 radical (unpaired) electrons. The second kappa shape index (κ2) is 9.58. The van der Waals surface area contributed by atoms with Crippen LogP contribution >= 0.6 is 11.6 Å². The number of β-amino-alcohol motifs (C(OH)–C–C–N with tert-alkyl or cyclic N) is 1. The van der Waals surface area contributed by atoms with Gasteiger partial charge in [0.2, 0.25) is 10.0 Å². The molecule has 0 spiro atoms. The highest BCUT2D eigenvalue weighted by Crippen LogP contribution is 2.19. The Balaban J connectivity index is 1.95. The highest BCUT2D eigenvalue weighted by Gasteiger charge is 2.25. The van der Waals surface area contributed by atoms with Gasteiger partial charge in [0.1, 0.15) is 13.7 Å². The second-order valence-electron chi connectivity index (χ2n) is 7.89. The van der Waals surface area contributed by atoms with Crippen molar-refractivity contribution in [3.63, 3.8) is 0 Å². The number of aliphatic hydroxyl groups excluding tert-OH is 1. The molecule has 0 saturated heterocycles. The van der Waals surface area contributed by atoms with Gasteiger partial charge in [0, 0.05) is 25.7 Å². The number of aliphatic hydroxyl groups is 1. The highest BCUT2D eigenvalue weighted by molar-refractivity contribution is 7.89. The maximum absolute atomic E-state index is 13.6. The van der Waals surface area contributed by atoms with E-state index in [1.807, 2.05) is 13.8 Å². The molecule has 29 heavy (non-hydrogen) atoms. The van der Waals surface area contributed by atoms with Gasteiger partial charge in [0.15, 0.2) is 0 Å². The average Bonchev–Trinajstić information content (AvgIpc) is 2.63. The summed E-state index contributed by atoms with van der Waals surface area (Å²) >= 11 is 5.72. The van der Waals surface area contributed by atoms with Crippen molar-refractivity contribution in [1.82, 2.24) is 9.62 Å². The van der Waals surface area contributed by atoms with Gasteiger partial charge in [-0.2, -0.15) is 4.31 Å². The number of hydrogen-bond donors (Lipinski definition) is 2. The maximum atomic E-state index is 13.6. The van der Waals surface area contributed by atoms with Crippen molar-refractivity contribution in [1.29, 1.82) is 0 Å². The number of likely N-dealkylation sites (N-methyl/N-ethyl adjacent to an activating group) is 1. The molecule has 2 N–H and O–H groups in total. The van der Waals surface area contributed by atoms with Gasteiger partial charge in [-0.25, -0.2) is 12.8 Å². The fourth-order valence-corrected chi connectivity index (χ4v) is 4.64. The van der Waals surface area contributed by atoms with Crippen LogP contribution in [0.5, 0.6) is 0 Å². The van der Waals surface area contributed by atoms with Gasteiger partial charge in [-0.3, -0.25) is 0 Å². The average molecular weight is 441 g/mol. The van der Waals surface area contributed by atoms with E-state index in [4.69, 9.17) is 11.6 Å². The van der Waals surface area contributed by atoms with E-state index in [9.17, 15) is 17.9 Å². The SMILES string of the molecule is Bc1ccccc1S(=O)(=O)N(C)CC(O)CNC(C)(C)Cc1ccc(Cl)c(F)c1. The molecule has 1 unspecified atom stereocenters. The zero-order valence-corrected chi connectivity index (χ0v) is 18.7. The molecule has 2 aromatic rings. The van der Waals surface area contributed by atoms with Crippen LogP contribution in [0, 0.1) is 5.82 Å². The van der Waals surface area contributed by atoms with Crippen LogP contribution in [-0.4, -0.2) is 57.5 Å². The first-order valence-electron chi connectivity index (χ1n) is 9.31. The molecule has 0 aliphatic rings. The van der Waals surface area contributed by atoms with E-state index >= 15 is 0 Å². The molecular formula is C20H27BClFN2O3S. The predicted octanol–water partition coefficient (Wildman–Crippen LogP) is 1.33. The predicted molar refractivity (Wildman–Crippen MR) is 118 cm³/mol. The summed E-state index contributed by atoms with van der Waals surface area (Å²) in [6.07, 6.45) is -0.384. The molecule has 158 valence electrons. The number of rotatable bonds is 9. The van der Waals surface area contributed by atoms with Gasteiger partial charge >= 0.3 is 0 Å².